The van der Waals surface area contributed by atoms with Gasteiger partial charge in [-0.2, -0.15) is 0 Å². The molecular formula is C15H18F2O4. The smallest absolute Gasteiger partial charge is 0.294 e. The van der Waals surface area contributed by atoms with E-state index in [4.69, 9.17) is 18.9 Å². The van der Waals surface area contributed by atoms with Crippen LogP contribution in [0.25, 0.3) is 0 Å². The van der Waals surface area contributed by atoms with Crippen LogP contribution in [0.2, 0.25) is 0 Å². The third-order valence-corrected chi connectivity index (χ3v) is 3.59. The molecule has 21 heavy (non-hydrogen) atoms. The summed E-state index contributed by atoms with van der Waals surface area (Å²) in [5, 5.41) is 0. The molecule has 4 nitrogen and oxygen atoms in total. The van der Waals surface area contributed by atoms with Gasteiger partial charge in [0.05, 0.1) is 13.2 Å². The van der Waals surface area contributed by atoms with Crippen LogP contribution in [0.1, 0.15) is 19.4 Å². The monoisotopic (exact) mass is 300 g/mol. The van der Waals surface area contributed by atoms with Crippen LogP contribution in [0.3, 0.4) is 0 Å². The Hall–Kier alpha value is -1.08. The van der Waals surface area contributed by atoms with E-state index >= 15 is 0 Å². The predicted octanol–water partition coefficient (Wildman–Crippen LogP) is 2.71. The fourth-order valence-electron chi connectivity index (χ4n) is 2.63. The van der Waals surface area contributed by atoms with Crippen molar-refractivity contribution in [3.63, 3.8) is 0 Å². The highest BCUT2D eigenvalue weighted by molar-refractivity contribution is 5.13. The lowest BCUT2D eigenvalue weighted by Crippen LogP contribution is -2.48. The van der Waals surface area contributed by atoms with E-state index in [9.17, 15) is 8.78 Å². The fourth-order valence-corrected chi connectivity index (χ4v) is 2.63. The number of benzene rings is 1. The molecule has 0 amide bonds. The number of fused-ring (bicyclic) bond motifs is 1. The molecule has 6 heteroatoms. The summed E-state index contributed by atoms with van der Waals surface area (Å²) in [6, 6.07) is 8.98. The zero-order chi connectivity index (χ0) is 15.1. The minimum absolute atomic E-state index is 0.0430. The van der Waals surface area contributed by atoms with E-state index in [2.05, 4.69) is 0 Å². The Labute approximate surface area is 121 Å². The second-order valence-electron chi connectivity index (χ2n) is 5.72. The van der Waals surface area contributed by atoms with Gasteiger partial charge in [0.1, 0.15) is 6.10 Å². The summed E-state index contributed by atoms with van der Waals surface area (Å²) in [6.45, 7) is 3.21. The first kappa shape index (κ1) is 14.8. The first-order valence-corrected chi connectivity index (χ1v) is 6.89. The van der Waals surface area contributed by atoms with E-state index in [1.807, 2.05) is 6.07 Å². The molecule has 0 spiro atoms. The van der Waals surface area contributed by atoms with Crippen LogP contribution < -0.4 is 0 Å². The van der Waals surface area contributed by atoms with Gasteiger partial charge in [-0.05, 0) is 19.4 Å². The van der Waals surface area contributed by atoms with Gasteiger partial charge in [-0.25, -0.2) is 8.78 Å². The Bertz CT molecular complexity index is 496. The van der Waals surface area contributed by atoms with Gasteiger partial charge in [-0.15, -0.1) is 0 Å². The molecule has 1 aromatic rings. The maximum atomic E-state index is 14.8. The van der Waals surface area contributed by atoms with Gasteiger partial charge in [-0.3, -0.25) is 0 Å². The van der Waals surface area contributed by atoms with Crippen molar-refractivity contribution in [1.29, 1.82) is 0 Å². The van der Waals surface area contributed by atoms with Crippen LogP contribution in [0.4, 0.5) is 8.78 Å². The van der Waals surface area contributed by atoms with Crippen molar-refractivity contribution in [1.82, 2.24) is 0 Å². The third-order valence-electron chi connectivity index (χ3n) is 3.59. The molecule has 0 aromatic heterocycles. The quantitative estimate of drug-likeness (QED) is 0.857. The number of rotatable bonds is 4. The van der Waals surface area contributed by atoms with Crippen molar-refractivity contribution in [2.24, 2.45) is 0 Å². The summed E-state index contributed by atoms with van der Waals surface area (Å²) in [7, 11) is 0. The summed E-state index contributed by atoms with van der Waals surface area (Å²) >= 11 is 0. The topological polar surface area (TPSA) is 36.9 Å². The molecule has 0 radical (unpaired) electrons. The van der Waals surface area contributed by atoms with Gasteiger partial charge in [0, 0.05) is 0 Å². The highest BCUT2D eigenvalue weighted by atomic mass is 19.2. The molecule has 4 atom stereocenters. The van der Waals surface area contributed by atoms with E-state index in [-0.39, 0.29) is 13.2 Å². The second-order valence-corrected chi connectivity index (χ2v) is 5.72. The second kappa shape index (κ2) is 5.28. The Morgan fingerprint density at radius 2 is 2.00 bits per heavy atom. The van der Waals surface area contributed by atoms with Crippen LogP contribution in [-0.4, -0.2) is 36.8 Å². The number of hydrogen-bond acceptors (Lipinski definition) is 4. The van der Waals surface area contributed by atoms with Crippen LogP contribution >= 0.6 is 0 Å². The zero-order valence-corrected chi connectivity index (χ0v) is 11.9. The van der Waals surface area contributed by atoms with Gasteiger partial charge in [0.25, 0.3) is 12.2 Å². The average Bonchev–Trinajstić information content (AvgIpc) is 2.93. The largest absolute Gasteiger partial charge is 0.342 e. The van der Waals surface area contributed by atoms with Crippen molar-refractivity contribution in [2.75, 3.05) is 6.61 Å². The van der Waals surface area contributed by atoms with Gasteiger partial charge in [0.2, 0.25) is 0 Å². The molecule has 2 aliphatic rings. The lowest BCUT2D eigenvalue weighted by molar-refractivity contribution is -0.295. The van der Waals surface area contributed by atoms with Crippen molar-refractivity contribution >= 4 is 0 Å². The van der Waals surface area contributed by atoms with Crippen LogP contribution in [0.5, 0.6) is 0 Å². The predicted molar refractivity (Wildman–Crippen MR) is 69.7 cm³/mol. The molecule has 2 heterocycles. The lowest BCUT2D eigenvalue weighted by Gasteiger charge is -2.29. The van der Waals surface area contributed by atoms with Gasteiger partial charge >= 0.3 is 0 Å². The number of hydrogen-bond donors (Lipinski definition) is 0. The average molecular weight is 300 g/mol. The number of alkyl halides is 2. The molecule has 0 bridgehead atoms. The van der Waals surface area contributed by atoms with E-state index in [1.165, 1.54) is 0 Å². The molecule has 1 aromatic carbocycles. The van der Waals surface area contributed by atoms with Crippen LogP contribution in [0.15, 0.2) is 30.3 Å². The van der Waals surface area contributed by atoms with Crippen LogP contribution in [0, 0.1) is 0 Å². The normalized spacial score (nSPS) is 35.6. The fraction of sp³-hybridized carbons (Fsp3) is 0.600. The standard InChI is InChI=1S/C15H18F2O4/c1-14(2)20-11-9-19-15(17,12(11)21-14)13(16)18-8-10-6-4-3-5-7-10/h3-7,11-13H,8-9H2,1-2H3/t11-,12-,13?,15-/m1/s1. The van der Waals surface area contributed by atoms with Crippen molar-refractivity contribution in [2.45, 2.75) is 50.7 Å². The maximum Gasteiger partial charge on any atom is 0.294 e. The highest BCUT2D eigenvalue weighted by Gasteiger charge is 2.64. The Kier molecular flexibility index (Phi) is 3.73. The lowest BCUT2D eigenvalue weighted by atomic mass is 10.1. The molecule has 0 saturated carbocycles. The van der Waals surface area contributed by atoms with Gasteiger partial charge in [0.15, 0.2) is 11.9 Å². The number of halogens is 2. The minimum atomic E-state index is -2.65. The van der Waals surface area contributed by atoms with Crippen molar-refractivity contribution in [3.05, 3.63) is 35.9 Å². The SMILES string of the molecule is CC1(C)O[C@@H]2[C@@H](CO[C@@]2(F)C(F)OCc2ccccc2)O1. The summed E-state index contributed by atoms with van der Waals surface area (Å²) in [5.74, 6) is -3.59. The number of ether oxygens (including phenoxy) is 4. The molecule has 2 saturated heterocycles. The van der Waals surface area contributed by atoms with E-state index in [0.29, 0.717) is 0 Å². The minimum Gasteiger partial charge on any atom is -0.342 e. The highest BCUT2D eigenvalue weighted by Crippen LogP contribution is 2.44. The van der Waals surface area contributed by atoms with E-state index < -0.39 is 30.2 Å². The first-order chi connectivity index (χ1) is 9.91. The molecule has 2 fully saturated rings. The third kappa shape index (κ3) is 2.81. The first-order valence-electron chi connectivity index (χ1n) is 6.89. The molecule has 1 unspecified atom stereocenters. The van der Waals surface area contributed by atoms with Crippen molar-refractivity contribution < 1.29 is 27.7 Å². The summed E-state index contributed by atoms with van der Waals surface area (Å²) in [4.78, 5) is 0. The summed E-state index contributed by atoms with van der Waals surface area (Å²) in [5.41, 5.74) is 0.752. The maximum absolute atomic E-state index is 14.8. The Morgan fingerprint density at radius 3 is 2.71 bits per heavy atom. The molecule has 0 N–H and O–H groups in total. The Balaban J connectivity index is 1.65. The van der Waals surface area contributed by atoms with Crippen LogP contribution in [-0.2, 0) is 25.6 Å². The molecular weight excluding hydrogens is 282 g/mol. The Morgan fingerprint density at radius 1 is 1.29 bits per heavy atom. The van der Waals surface area contributed by atoms with E-state index in [1.54, 1.807) is 38.1 Å². The molecule has 0 aliphatic carbocycles. The van der Waals surface area contributed by atoms with E-state index in [0.717, 1.165) is 5.56 Å². The molecule has 2 aliphatic heterocycles. The van der Waals surface area contributed by atoms with Gasteiger partial charge in [-0.1, -0.05) is 30.3 Å². The molecule has 116 valence electrons. The summed E-state index contributed by atoms with van der Waals surface area (Å²) in [6.07, 6.45) is -3.99. The van der Waals surface area contributed by atoms with Crippen molar-refractivity contribution in [3.8, 4) is 0 Å². The zero-order valence-electron chi connectivity index (χ0n) is 11.9. The summed E-state index contributed by atoms with van der Waals surface area (Å²) < 4.78 is 49.8. The van der Waals surface area contributed by atoms with Gasteiger partial charge < -0.3 is 18.9 Å². The molecule has 3 rings (SSSR count).